The molecule has 0 radical (unpaired) electrons. The van der Waals surface area contributed by atoms with Crippen LogP contribution in [0.5, 0.6) is 0 Å². The summed E-state index contributed by atoms with van der Waals surface area (Å²) in [6.45, 7) is 7.19. The van der Waals surface area contributed by atoms with Gasteiger partial charge in [-0.2, -0.15) is 5.10 Å². The molecular weight excluding hydrogens is 294 g/mol. The number of rotatable bonds is 3. The summed E-state index contributed by atoms with van der Waals surface area (Å²) >= 11 is 1.60. The van der Waals surface area contributed by atoms with Crippen molar-refractivity contribution < 1.29 is 0 Å². The lowest BCUT2D eigenvalue weighted by Crippen LogP contribution is -2.16. The van der Waals surface area contributed by atoms with E-state index in [4.69, 9.17) is 0 Å². The van der Waals surface area contributed by atoms with Crippen molar-refractivity contribution in [1.29, 1.82) is 0 Å². The van der Waals surface area contributed by atoms with Gasteiger partial charge >= 0.3 is 0 Å². The van der Waals surface area contributed by atoms with Crippen LogP contribution in [0.25, 0.3) is 5.00 Å². The van der Waals surface area contributed by atoms with E-state index in [0.717, 1.165) is 15.5 Å². The van der Waals surface area contributed by atoms with Crippen molar-refractivity contribution in [2.75, 3.05) is 0 Å². The van der Waals surface area contributed by atoms with Crippen LogP contribution in [0.15, 0.2) is 48.0 Å². The Balaban J connectivity index is 2.00. The molecular formula is C16H19N5S. The van der Waals surface area contributed by atoms with Crippen LogP contribution in [0.1, 0.15) is 32.0 Å². The van der Waals surface area contributed by atoms with Gasteiger partial charge in [0, 0.05) is 5.41 Å². The number of hydrogen-bond donors (Lipinski definition) is 1. The minimum Gasteiger partial charge on any atom is -0.332 e. The topological polar surface area (TPSA) is 58.9 Å². The highest BCUT2D eigenvalue weighted by Gasteiger charge is 2.22. The Morgan fingerprint density at radius 2 is 2.00 bits per heavy atom. The fourth-order valence-corrected chi connectivity index (χ4v) is 3.24. The first-order valence-corrected chi connectivity index (χ1v) is 7.99. The van der Waals surface area contributed by atoms with Crippen LogP contribution in [-0.2, 0) is 12.0 Å². The number of nitrogens with one attached hydrogen (secondary N) is 1. The zero-order chi connectivity index (χ0) is 15.6. The standard InChI is InChI=1S/C16H19N5S/c1-16(2,3)13-14(21-11-17-10-19-21)22-15(20-13)18-9-12-7-5-4-6-8-12/h4-8,10-11H,9H2,1-3H3,(H,18,20). The van der Waals surface area contributed by atoms with E-state index in [-0.39, 0.29) is 5.41 Å². The highest BCUT2D eigenvalue weighted by molar-refractivity contribution is 7.11. The minimum atomic E-state index is -0.0156. The maximum Gasteiger partial charge on any atom is 0.184 e. The van der Waals surface area contributed by atoms with Crippen LogP contribution in [0.4, 0.5) is 0 Å². The van der Waals surface area contributed by atoms with Gasteiger partial charge in [-0.05, 0) is 5.56 Å². The van der Waals surface area contributed by atoms with Crippen molar-refractivity contribution in [3.05, 3.63) is 59.0 Å². The fraction of sp³-hybridized carbons (Fsp3) is 0.312. The summed E-state index contributed by atoms with van der Waals surface area (Å²) < 4.78 is 1.79. The maximum absolute atomic E-state index is 4.68. The van der Waals surface area contributed by atoms with Gasteiger partial charge in [0.1, 0.15) is 17.7 Å². The van der Waals surface area contributed by atoms with Crippen LogP contribution in [0.2, 0.25) is 0 Å². The van der Waals surface area contributed by atoms with Crippen molar-refractivity contribution in [1.82, 2.24) is 19.7 Å². The van der Waals surface area contributed by atoms with E-state index in [9.17, 15) is 0 Å². The van der Waals surface area contributed by atoms with Gasteiger partial charge < -0.3 is 4.98 Å². The predicted molar refractivity (Wildman–Crippen MR) is 88.0 cm³/mol. The minimum absolute atomic E-state index is 0.0156. The van der Waals surface area contributed by atoms with Crippen LogP contribution >= 0.6 is 11.3 Å². The van der Waals surface area contributed by atoms with E-state index in [0.29, 0.717) is 6.54 Å². The van der Waals surface area contributed by atoms with Gasteiger partial charge in [-0.1, -0.05) is 62.4 Å². The summed E-state index contributed by atoms with van der Waals surface area (Å²) in [6, 6.07) is 10.2. The molecule has 0 fully saturated rings. The number of benzene rings is 1. The molecule has 0 saturated carbocycles. The molecule has 5 nitrogen and oxygen atoms in total. The molecule has 22 heavy (non-hydrogen) atoms. The molecule has 1 N–H and O–H groups in total. The molecule has 3 rings (SSSR count). The van der Waals surface area contributed by atoms with Crippen molar-refractivity contribution in [3.8, 4) is 5.00 Å². The molecule has 0 aliphatic heterocycles. The van der Waals surface area contributed by atoms with Gasteiger partial charge in [0.05, 0.1) is 12.2 Å². The Labute approximate surface area is 133 Å². The number of aromatic amines is 1. The molecule has 2 aromatic heterocycles. The Morgan fingerprint density at radius 1 is 1.23 bits per heavy atom. The van der Waals surface area contributed by atoms with E-state index in [1.165, 1.54) is 5.56 Å². The highest BCUT2D eigenvalue weighted by atomic mass is 32.1. The first-order chi connectivity index (χ1) is 10.5. The van der Waals surface area contributed by atoms with Gasteiger partial charge in [-0.3, -0.25) is 4.99 Å². The molecule has 3 aromatic rings. The zero-order valence-electron chi connectivity index (χ0n) is 12.9. The Bertz CT molecular complexity index is 791. The molecule has 0 aliphatic rings. The fourth-order valence-electron chi connectivity index (χ4n) is 2.13. The summed E-state index contributed by atoms with van der Waals surface area (Å²) in [4.78, 5) is 13.1. The summed E-state index contributed by atoms with van der Waals surface area (Å²) in [7, 11) is 0. The van der Waals surface area contributed by atoms with Crippen LogP contribution in [-0.4, -0.2) is 19.7 Å². The Hall–Kier alpha value is -2.21. The molecule has 114 valence electrons. The van der Waals surface area contributed by atoms with Gasteiger partial charge in [0.15, 0.2) is 4.80 Å². The van der Waals surface area contributed by atoms with E-state index < -0.39 is 0 Å². The third kappa shape index (κ3) is 3.17. The molecule has 1 aromatic carbocycles. The maximum atomic E-state index is 4.68. The first-order valence-electron chi connectivity index (χ1n) is 7.17. The van der Waals surface area contributed by atoms with Crippen molar-refractivity contribution >= 4 is 11.3 Å². The number of thiazole rings is 1. The van der Waals surface area contributed by atoms with Gasteiger partial charge in [0.2, 0.25) is 0 Å². The molecule has 0 amide bonds. The lowest BCUT2D eigenvalue weighted by atomic mass is 9.92. The van der Waals surface area contributed by atoms with Crippen LogP contribution in [0.3, 0.4) is 0 Å². The number of nitrogens with zero attached hydrogens (tertiary/aromatic N) is 4. The summed E-state index contributed by atoms with van der Waals surface area (Å²) in [5.74, 6) is 0. The predicted octanol–water partition coefficient (Wildman–Crippen LogP) is 3.06. The summed E-state index contributed by atoms with van der Waals surface area (Å²) in [6.07, 6.45) is 3.27. The number of aromatic nitrogens is 4. The molecule has 0 unspecified atom stereocenters. The normalized spacial score (nSPS) is 12.8. The molecule has 6 heteroatoms. The lowest BCUT2D eigenvalue weighted by Gasteiger charge is -2.17. The zero-order valence-corrected chi connectivity index (χ0v) is 13.8. The van der Waals surface area contributed by atoms with E-state index in [1.807, 2.05) is 18.2 Å². The molecule has 0 bridgehead atoms. The third-order valence-electron chi connectivity index (χ3n) is 3.26. The summed E-state index contributed by atoms with van der Waals surface area (Å²) in [5.41, 5.74) is 2.30. The van der Waals surface area contributed by atoms with E-state index in [1.54, 1.807) is 28.7 Å². The molecule has 0 saturated heterocycles. The Kier molecular flexibility index (Phi) is 3.94. The number of hydrogen-bond acceptors (Lipinski definition) is 4. The highest BCUT2D eigenvalue weighted by Crippen LogP contribution is 2.27. The second kappa shape index (κ2) is 5.88. The average Bonchev–Trinajstić information content (AvgIpc) is 3.14. The van der Waals surface area contributed by atoms with Crippen molar-refractivity contribution in [2.24, 2.45) is 4.99 Å². The smallest absolute Gasteiger partial charge is 0.184 e. The van der Waals surface area contributed by atoms with Crippen LogP contribution in [0, 0.1) is 0 Å². The quantitative estimate of drug-likeness (QED) is 0.808. The SMILES string of the molecule is CC(C)(C)c1[nH]c(=NCc2ccccc2)sc1-n1cncn1. The second-order valence-corrected chi connectivity index (χ2v) is 7.08. The molecule has 0 aliphatic carbocycles. The van der Waals surface area contributed by atoms with Gasteiger partial charge in [-0.25, -0.2) is 9.67 Å². The van der Waals surface area contributed by atoms with Crippen molar-refractivity contribution in [2.45, 2.75) is 32.7 Å². The van der Waals surface area contributed by atoms with Gasteiger partial charge in [0.25, 0.3) is 0 Å². The van der Waals surface area contributed by atoms with Gasteiger partial charge in [-0.15, -0.1) is 0 Å². The summed E-state index contributed by atoms with van der Waals surface area (Å²) in [5, 5.41) is 5.29. The van der Waals surface area contributed by atoms with E-state index in [2.05, 4.69) is 53.0 Å². The monoisotopic (exact) mass is 313 g/mol. The average molecular weight is 313 g/mol. The Morgan fingerprint density at radius 3 is 2.64 bits per heavy atom. The number of H-pyrrole nitrogens is 1. The first kappa shape index (κ1) is 14.7. The van der Waals surface area contributed by atoms with Crippen LogP contribution < -0.4 is 4.80 Å². The molecule has 2 heterocycles. The van der Waals surface area contributed by atoms with E-state index >= 15 is 0 Å². The van der Waals surface area contributed by atoms with Crippen molar-refractivity contribution in [3.63, 3.8) is 0 Å². The lowest BCUT2D eigenvalue weighted by molar-refractivity contribution is 0.565. The molecule has 0 atom stereocenters. The molecule has 0 spiro atoms. The largest absolute Gasteiger partial charge is 0.332 e. The second-order valence-electron chi connectivity index (χ2n) is 6.10. The third-order valence-corrected chi connectivity index (χ3v) is 4.27.